The molecule has 3 atom stereocenters. The predicted molar refractivity (Wildman–Crippen MR) is 53.4 cm³/mol. The minimum atomic E-state index is -0.186. The number of nitrogens with zero attached hydrogens (tertiary/aromatic N) is 1. The van der Waals surface area contributed by atoms with Crippen molar-refractivity contribution in [2.24, 2.45) is 5.84 Å². The van der Waals surface area contributed by atoms with Gasteiger partial charge in [-0.15, -0.1) is 0 Å². The molecule has 1 unspecified atom stereocenters. The molecule has 1 heterocycles. The van der Waals surface area contributed by atoms with Gasteiger partial charge in [0.2, 0.25) is 0 Å². The summed E-state index contributed by atoms with van der Waals surface area (Å²) < 4.78 is 5.58. The Morgan fingerprint density at radius 2 is 2.00 bits per heavy atom. The average Bonchev–Trinajstić information content (AvgIpc) is 2.14. The van der Waals surface area contributed by atoms with Gasteiger partial charge >= 0.3 is 0 Å². The molecular formula is C9H19N3O2. The zero-order valence-corrected chi connectivity index (χ0v) is 8.99. The summed E-state index contributed by atoms with van der Waals surface area (Å²) in [4.78, 5) is 13.4. The summed E-state index contributed by atoms with van der Waals surface area (Å²) in [5.74, 6) is 4.94. The van der Waals surface area contributed by atoms with Gasteiger partial charge in [-0.05, 0) is 20.8 Å². The van der Waals surface area contributed by atoms with Gasteiger partial charge in [-0.2, -0.15) is 0 Å². The van der Waals surface area contributed by atoms with Gasteiger partial charge in [-0.25, -0.2) is 5.84 Å². The van der Waals surface area contributed by atoms with Crippen molar-refractivity contribution in [3.63, 3.8) is 0 Å². The Morgan fingerprint density at radius 1 is 1.50 bits per heavy atom. The van der Waals surface area contributed by atoms with Gasteiger partial charge < -0.3 is 4.74 Å². The minimum absolute atomic E-state index is 0.147. The van der Waals surface area contributed by atoms with Crippen LogP contribution in [-0.4, -0.2) is 42.1 Å². The lowest BCUT2D eigenvalue weighted by Gasteiger charge is -2.37. The van der Waals surface area contributed by atoms with Crippen LogP contribution in [0.2, 0.25) is 0 Å². The summed E-state index contributed by atoms with van der Waals surface area (Å²) in [5, 5.41) is 0. The molecule has 0 aromatic carbocycles. The topological polar surface area (TPSA) is 67.6 Å². The highest BCUT2D eigenvalue weighted by atomic mass is 16.5. The van der Waals surface area contributed by atoms with Gasteiger partial charge in [0.25, 0.3) is 5.91 Å². The van der Waals surface area contributed by atoms with Crippen molar-refractivity contribution in [3.05, 3.63) is 0 Å². The van der Waals surface area contributed by atoms with E-state index in [0.29, 0.717) is 0 Å². The van der Waals surface area contributed by atoms with Gasteiger partial charge in [-0.1, -0.05) is 0 Å². The Morgan fingerprint density at radius 3 is 2.43 bits per heavy atom. The Balaban J connectivity index is 2.54. The van der Waals surface area contributed by atoms with E-state index >= 15 is 0 Å². The molecule has 1 amide bonds. The maximum atomic E-state index is 11.3. The van der Waals surface area contributed by atoms with Crippen LogP contribution in [0, 0.1) is 0 Å². The molecule has 14 heavy (non-hydrogen) atoms. The number of hydrazine groups is 1. The van der Waals surface area contributed by atoms with Crippen molar-refractivity contribution in [3.8, 4) is 0 Å². The van der Waals surface area contributed by atoms with Crippen LogP contribution in [-0.2, 0) is 9.53 Å². The van der Waals surface area contributed by atoms with Crippen LogP contribution in [0.4, 0.5) is 0 Å². The number of amides is 1. The number of nitrogens with one attached hydrogen (secondary N) is 1. The van der Waals surface area contributed by atoms with Crippen molar-refractivity contribution < 1.29 is 9.53 Å². The first-order valence-corrected chi connectivity index (χ1v) is 4.94. The average molecular weight is 201 g/mol. The lowest BCUT2D eigenvalue weighted by Crippen LogP contribution is -2.54. The van der Waals surface area contributed by atoms with Crippen LogP contribution < -0.4 is 11.3 Å². The number of rotatable bonds is 2. The Kier molecular flexibility index (Phi) is 3.86. The van der Waals surface area contributed by atoms with E-state index in [9.17, 15) is 4.79 Å². The third-order valence-corrected chi connectivity index (χ3v) is 2.52. The minimum Gasteiger partial charge on any atom is -0.373 e. The van der Waals surface area contributed by atoms with Crippen LogP contribution >= 0.6 is 0 Å². The molecule has 1 fully saturated rings. The first-order valence-electron chi connectivity index (χ1n) is 4.94. The first kappa shape index (κ1) is 11.4. The van der Waals surface area contributed by atoms with Crippen LogP contribution in [0.3, 0.4) is 0 Å². The third kappa shape index (κ3) is 2.67. The van der Waals surface area contributed by atoms with E-state index in [1.54, 1.807) is 0 Å². The van der Waals surface area contributed by atoms with Crippen molar-refractivity contribution >= 4 is 5.91 Å². The van der Waals surface area contributed by atoms with E-state index in [4.69, 9.17) is 10.6 Å². The van der Waals surface area contributed by atoms with E-state index < -0.39 is 0 Å². The number of hydrogen-bond acceptors (Lipinski definition) is 4. The monoisotopic (exact) mass is 201 g/mol. The van der Waals surface area contributed by atoms with Gasteiger partial charge in [-0.3, -0.25) is 15.1 Å². The standard InChI is InChI=1S/C9H19N3O2/c1-6-4-12(5-7(2)14-6)8(3)9(13)11-10/h6-8H,4-5,10H2,1-3H3,(H,11,13)/t6-,7+,8?. The summed E-state index contributed by atoms with van der Waals surface area (Å²) in [5.41, 5.74) is 2.17. The van der Waals surface area contributed by atoms with Crippen LogP contribution in [0.1, 0.15) is 20.8 Å². The SMILES string of the molecule is CC(C(=O)NN)N1C[C@@H](C)O[C@@H](C)C1. The maximum absolute atomic E-state index is 11.3. The second-order valence-corrected chi connectivity index (χ2v) is 3.90. The Labute approximate surface area is 84.5 Å². The van der Waals surface area contributed by atoms with Gasteiger partial charge in [0, 0.05) is 13.1 Å². The fraction of sp³-hybridized carbons (Fsp3) is 0.889. The van der Waals surface area contributed by atoms with Crippen LogP contribution in [0.25, 0.3) is 0 Å². The molecule has 82 valence electrons. The van der Waals surface area contributed by atoms with Crippen molar-refractivity contribution in [1.82, 2.24) is 10.3 Å². The normalized spacial score (nSPS) is 31.1. The molecule has 1 rings (SSSR count). The summed E-state index contributed by atoms with van der Waals surface area (Å²) >= 11 is 0. The molecule has 0 spiro atoms. The first-order chi connectivity index (χ1) is 6.54. The van der Waals surface area contributed by atoms with Gasteiger partial charge in [0.15, 0.2) is 0 Å². The molecular weight excluding hydrogens is 182 g/mol. The molecule has 5 nitrogen and oxygen atoms in total. The molecule has 3 N–H and O–H groups in total. The quantitative estimate of drug-likeness (QED) is 0.358. The number of morpholine rings is 1. The van der Waals surface area contributed by atoms with E-state index in [2.05, 4.69) is 10.3 Å². The fourth-order valence-corrected chi connectivity index (χ4v) is 1.82. The lowest BCUT2D eigenvalue weighted by molar-refractivity contribution is -0.131. The number of carbonyl (C=O) groups is 1. The molecule has 0 bridgehead atoms. The van der Waals surface area contributed by atoms with Gasteiger partial charge in [0.1, 0.15) is 0 Å². The molecule has 1 saturated heterocycles. The zero-order chi connectivity index (χ0) is 10.7. The molecule has 5 heteroatoms. The van der Waals surface area contributed by atoms with E-state index in [-0.39, 0.29) is 24.2 Å². The lowest BCUT2D eigenvalue weighted by atomic mass is 10.1. The number of nitrogens with two attached hydrogens (primary N) is 1. The predicted octanol–water partition coefficient (Wildman–Crippen LogP) is -0.526. The van der Waals surface area contributed by atoms with Crippen molar-refractivity contribution in [2.75, 3.05) is 13.1 Å². The smallest absolute Gasteiger partial charge is 0.250 e. The van der Waals surface area contributed by atoms with Crippen LogP contribution in [0.5, 0.6) is 0 Å². The number of hydrogen-bond donors (Lipinski definition) is 2. The summed E-state index contributed by atoms with van der Waals surface area (Å²) in [6.45, 7) is 7.43. The third-order valence-electron chi connectivity index (χ3n) is 2.52. The molecule has 0 aromatic rings. The number of ether oxygens (including phenoxy) is 1. The van der Waals surface area contributed by atoms with E-state index in [1.807, 2.05) is 20.8 Å². The van der Waals surface area contributed by atoms with Crippen LogP contribution in [0.15, 0.2) is 0 Å². The Hall–Kier alpha value is -0.650. The molecule has 0 saturated carbocycles. The summed E-state index contributed by atoms with van der Waals surface area (Å²) in [7, 11) is 0. The number of carbonyl (C=O) groups excluding carboxylic acids is 1. The molecule has 0 aromatic heterocycles. The van der Waals surface area contributed by atoms with Gasteiger partial charge in [0.05, 0.1) is 18.2 Å². The highest BCUT2D eigenvalue weighted by Gasteiger charge is 2.28. The second kappa shape index (κ2) is 4.72. The zero-order valence-electron chi connectivity index (χ0n) is 8.99. The van der Waals surface area contributed by atoms with Crippen molar-refractivity contribution in [1.29, 1.82) is 0 Å². The van der Waals surface area contributed by atoms with E-state index in [0.717, 1.165) is 13.1 Å². The fourth-order valence-electron chi connectivity index (χ4n) is 1.82. The Bertz CT molecular complexity index is 200. The maximum Gasteiger partial charge on any atom is 0.250 e. The molecule has 0 aliphatic carbocycles. The largest absolute Gasteiger partial charge is 0.373 e. The molecule has 1 aliphatic rings. The molecule has 1 aliphatic heterocycles. The highest BCUT2D eigenvalue weighted by Crippen LogP contribution is 2.13. The van der Waals surface area contributed by atoms with E-state index in [1.165, 1.54) is 0 Å². The second-order valence-electron chi connectivity index (χ2n) is 3.90. The summed E-state index contributed by atoms with van der Waals surface area (Å²) in [6.07, 6.45) is 0.346. The summed E-state index contributed by atoms with van der Waals surface area (Å²) in [6, 6.07) is -0.186. The molecule has 0 radical (unpaired) electrons. The van der Waals surface area contributed by atoms with Crippen molar-refractivity contribution in [2.45, 2.75) is 39.0 Å². The highest BCUT2D eigenvalue weighted by molar-refractivity contribution is 5.80.